The molecule has 1 atom stereocenters. The van der Waals surface area contributed by atoms with Crippen LogP contribution in [-0.4, -0.2) is 50.7 Å². The van der Waals surface area contributed by atoms with Gasteiger partial charge in [-0.05, 0) is 44.1 Å². The van der Waals surface area contributed by atoms with Crippen molar-refractivity contribution >= 4 is 0 Å². The van der Waals surface area contributed by atoms with Gasteiger partial charge in [-0.1, -0.05) is 12.5 Å². The molecule has 0 aliphatic carbocycles. The summed E-state index contributed by atoms with van der Waals surface area (Å²) in [5.74, 6) is 0.632. The van der Waals surface area contributed by atoms with Gasteiger partial charge in [0.25, 0.3) is 0 Å². The average Bonchev–Trinajstić information content (AvgIpc) is 2.96. The predicted molar refractivity (Wildman–Crippen MR) is 94.4 cm³/mol. The Morgan fingerprint density at radius 3 is 2.71 bits per heavy atom. The maximum atomic E-state index is 4.56. The predicted octanol–water partition coefficient (Wildman–Crippen LogP) is 2.40. The molecule has 4 rings (SSSR count). The normalized spacial score (nSPS) is 22.9. The molecular weight excluding hydrogens is 298 g/mol. The number of nitrogens with zero attached hydrogens (tertiary/aromatic N) is 5. The monoisotopic (exact) mass is 325 g/mol. The van der Waals surface area contributed by atoms with Gasteiger partial charge in [-0.15, -0.1) is 0 Å². The number of aromatic nitrogens is 3. The highest BCUT2D eigenvalue weighted by Gasteiger charge is 2.25. The van der Waals surface area contributed by atoms with Gasteiger partial charge < -0.3 is 4.90 Å². The van der Waals surface area contributed by atoms with E-state index in [9.17, 15) is 0 Å². The Hall–Kier alpha value is -1.72. The van der Waals surface area contributed by atoms with Crippen LogP contribution in [0, 0.1) is 5.92 Å². The molecule has 128 valence electrons. The molecule has 0 radical (unpaired) electrons. The Labute approximate surface area is 144 Å². The minimum absolute atomic E-state index is 0.632. The SMILES string of the molecule is c1ccc(CN2Cc3ccnn3C[C@H](CN3CCCCC3)C2)nc1. The number of likely N-dealkylation sites (tertiary alicyclic amines) is 1. The largest absolute Gasteiger partial charge is 0.303 e. The topological polar surface area (TPSA) is 37.2 Å². The molecule has 0 bridgehead atoms. The number of hydrogen-bond acceptors (Lipinski definition) is 4. The van der Waals surface area contributed by atoms with Crippen molar-refractivity contribution in [2.24, 2.45) is 5.92 Å². The minimum atomic E-state index is 0.632. The second-order valence-electron chi connectivity index (χ2n) is 7.22. The van der Waals surface area contributed by atoms with Crippen molar-refractivity contribution in [1.29, 1.82) is 0 Å². The molecule has 0 spiro atoms. The quantitative estimate of drug-likeness (QED) is 0.865. The fraction of sp³-hybridized carbons (Fsp3) is 0.579. The molecule has 5 nitrogen and oxygen atoms in total. The van der Waals surface area contributed by atoms with E-state index in [0.717, 1.165) is 31.9 Å². The van der Waals surface area contributed by atoms with E-state index < -0.39 is 0 Å². The highest BCUT2D eigenvalue weighted by molar-refractivity contribution is 5.06. The fourth-order valence-electron chi connectivity index (χ4n) is 4.08. The van der Waals surface area contributed by atoms with E-state index in [2.05, 4.69) is 42.8 Å². The Morgan fingerprint density at radius 1 is 0.958 bits per heavy atom. The summed E-state index contributed by atoms with van der Waals surface area (Å²) in [5.41, 5.74) is 2.48. The molecule has 0 aromatic carbocycles. The standard InChI is InChI=1S/C19H27N5/c1-4-10-22(11-5-1)12-17-13-23(15-18-6-2-3-8-20-18)16-19-7-9-21-24(19)14-17/h2-3,6-9,17H,1,4-5,10-16H2/t17-/m1/s1. The van der Waals surface area contributed by atoms with E-state index in [-0.39, 0.29) is 0 Å². The third-order valence-electron chi connectivity index (χ3n) is 5.21. The van der Waals surface area contributed by atoms with Crippen LogP contribution in [0.1, 0.15) is 30.7 Å². The first-order valence-corrected chi connectivity index (χ1v) is 9.22. The van der Waals surface area contributed by atoms with Gasteiger partial charge in [0, 0.05) is 51.0 Å². The minimum Gasteiger partial charge on any atom is -0.303 e. The van der Waals surface area contributed by atoms with E-state index in [4.69, 9.17) is 0 Å². The van der Waals surface area contributed by atoms with Gasteiger partial charge in [0.2, 0.25) is 0 Å². The lowest BCUT2D eigenvalue weighted by Crippen LogP contribution is -2.39. The van der Waals surface area contributed by atoms with Crippen molar-refractivity contribution in [3.63, 3.8) is 0 Å². The van der Waals surface area contributed by atoms with Crippen LogP contribution in [0.3, 0.4) is 0 Å². The second-order valence-corrected chi connectivity index (χ2v) is 7.22. The molecule has 0 unspecified atom stereocenters. The molecule has 2 aliphatic heterocycles. The molecule has 0 amide bonds. The number of piperidine rings is 1. The number of hydrogen-bond donors (Lipinski definition) is 0. The van der Waals surface area contributed by atoms with Crippen LogP contribution in [0.5, 0.6) is 0 Å². The smallest absolute Gasteiger partial charge is 0.0544 e. The number of fused-ring (bicyclic) bond motifs is 1. The van der Waals surface area contributed by atoms with Crippen molar-refractivity contribution in [1.82, 2.24) is 24.6 Å². The fourth-order valence-corrected chi connectivity index (χ4v) is 4.08. The summed E-state index contributed by atoms with van der Waals surface area (Å²) in [6.07, 6.45) is 7.95. The Balaban J connectivity index is 1.47. The Kier molecular flexibility index (Phi) is 4.90. The zero-order chi connectivity index (χ0) is 16.2. The van der Waals surface area contributed by atoms with Crippen LogP contribution in [0.4, 0.5) is 0 Å². The third-order valence-corrected chi connectivity index (χ3v) is 5.21. The molecule has 2 aliphatic rings. The highest BCUT2D eigenvalue weighted by atomic mass is 15.3. The molecule has 2 aromatic heterocycles. The zero-order valence-corrected chi connectivity index (χ0v) is 14.3. The van der Waals surface area contributed by atoms with E-state index in [0.29, 0.717) is 5.92 Å². The molecular formula is C19H27N5. The summed E-state index contributed by atoms with van der Waals surface area (Å²) >= 11 is 0. The summed E-state index contributed by atoms with van der Waals surface area (Å²) in [5, 5.41) is 4.56. The number of pyridine rings is 1. The maximum absolute atomic E-state index is 4.56. The first-order valence-electron chi connectivity index (χ1n) is 9.22. The third kappa shape index (κ3) is 3.84. The summed E-state index contributed by atoms with van der Waals surface area (Å²) in [6.45, 7) is 7.77. The molecule has 4 heterocycles. The van der Waals surface area contributed by atoms with Crippen LogP contribution in [0.15, 0.2) is 36.7 Å². The summed E-state index contributed by atoms with van der Waals surface area (Å²) in [4.78, 5) is 9.71. The second kappa shape index (κ2) is 7.45. The van der Waals surface area contributed by atoms with Crippen LogP contribution >= 0.6 is 0 Å². The Bertz CT molecular complexity index is 632. The number of rotatable bonds is 4. The van der Waals surface area contributed by atoms with Gasteiger partial charge in [-0.3, -0.25) is 14.6 Å². The summed E-state index contributed by atoms with van der Waals surface area (Å²) in [7, 11) is 0. The summed E-state index contributed by atoms with van der Waals surface area (Å²) < 4.78 is 2.22. The van der Waals surface area contributed by atoms with Crippen LogP contribution in [0.25, 0.3) is 0 Å². The average molecular weight is 325 g/mol. The molecule has 2 aromatic rings. The van der Waals surface area contributed by atoms with Crippen molar-refractivity contribution in [2.45, 2.75) is 38.9 Å². The van der Waals surface area contributed by atoms with Gasteiger partial charge in [-0.2, -0.15) is 5.10 Å². The molecule has 1 fully saturated rings. The van der Waals surface area contributed by atoms with Gasteiger partial charge in [0.1, 0.15) is 0 Å². The first-order chi connectivity index (χ1) is 11.9. The molecule has 1 saturated heterocycles. The lowest BCUT2D eigenvalue weighted by Gasteiger charge is -2.31. The molecule has 0 saturated carbocycles. The van der Waals surface area contributed by atoms with E-state index in [1.165, 1.54) is 44.6 Å². The molecule has 0 N–H and O–H groups in total. The van der Waals surface area contributed by atoms with Crippen LogP contribution < -0.4 is 0 Å². The zero-order valence-electron chi connectivity index (χ0n) is 14.3. The van der Waals surface area contributed by atoms with Gasteiger partial charge in [0.15, 0.2) is 0 Å². The lowest BCUT2D eigenvalue weighted by atomic mass is 10.1. The molecule has 5 heteroatoms. The van der Waals surface area contributed by atoms with Crippen molar-refractivity contribution in [2.75, 3.05) is 26.2 Å². The van der Waals surface area contributed by atoms with Crippen molar-refractivity contribution < 1.29 is 0 Å². The van der Waals surface area contributed by atoms with Crippen LogP contribution in [-0.2, 0) is 19.6 Å². The van der Waals surface area contributed by atoms with Gasteiger partial charge in [0.05, 0.1) is 11.4 Å². The van der Waals surface area contributed by atoms with E-state index in [1.807, 2.05) is 18.5 Å². The van der Waals surface area contributed by atoms with E-state index >= 15 is 0 Å². The van der Waals surface area contributed by atoms with Crippen molar-refractivity contribution in [3.05, 3.63) is 48.0 Å². The molecule has 24 heavy (non-hydrogen) atoms. The highest BCUT2D eigenvalue weighted by Crippen LogP contribution is 2.20. The van der Waals surface area contributed by atoms with Gasteiger partial charge in [-0.25, -0.2) is 0 Å². The van der Waals surface area contributed by atoms with E-state index in [1.54, 1.807) is 0 Å². The Morgan fingerprint density at radius 2 is 1.88 bits per heavy atom. The van der Waals surface area contributed by atoms with Crippen molar-refractivity contribution in [3.8, 4) is 0 Å². The maximum Gasteiger partial charge on any atom is 0.0544 e. The van der Waals surface area contributed by atoms with Gasteiger partial charge >= 0.3 is 0 Å². The van der Waals surface area contributed by atoms with Crippen LogP contribution in [0.2, 0.25) is 0 Å². The summed E-state index contributed by atoms with van der Waals surface area (Å²) in [6, 6.07) is 8.35. The lowest BCUT2D eigenvalue weighted by molar-refractivity contribution is 0.149. The first kappa shape index (κ1) is 15.8.